The summed E-state index contributed by atoms with van der Waals surface area (Å²) in [5.41, 5.74) is 0. The molecule has 0 aliphatic carbocycles. The Kier molecular flexibility index (Phi) is 5.86. The smallest absolute Gasteiger partial charge is 0.242 e. The standard InChI is InChI=1S/C15H15BrClNO3S/c1-11(21-13-5-3-2-4-6-13)10-18-22(19,20)15-8-7-12(16)9-14(15)17/h2-9,11,18H,10H2,1H3. The third-order valence-corrected chi connectivity index (χ3v) is 5.22. The molecule has 2 aromatic rings. The van der Waals surface area contributed by atoms with E-state index in [0.29, 0.717) is 5.75 Å². The highest BCUT2D eigenvalue weighted by Crippen LogP contribution is 2.25. The van der Waals surface area contributed by atoms with Crippen LogP contribution in [0.1, 0.15) is 6.92 Å². The second kappa shape index (κ2) is 7.46. The number of hydrogen-bond acceptors (Lipinski definition) is 3. The highest BCUT2D eigenvalue weighted by molar-refractivity contribution is 9.10. The average molecular weight is 405 g/mol. The van der Waals surface area contributed by atoms with Gasteiger partial charge in [-0.25, -0.2) is 13.1 Å². The normalized spacial score (nSPS) is 12.9. The van der Waals surface area contributed by atoms with E-state index < -0.39 is 10.0 Å². The zero-order chi connectivity index (χ0) is 16.2. The molecule has 7 heteroatoms. The molecule has 0 bridgehead atoms. The van der Waals surface area contributed by atoms with Gasteiger partial charge in [-0.2, -0.15) is 0 Å². The van der Waals surface area contributed by atoms with Crippen LogP contribution in [0.4, 0.5) is 0 Å². The maximum Gasteiger partial charge on any atom is 0.242 e. The van der Waals surface area contributed by atoms with Gasteiger partial charge in [-0.05, 0) is 37.3 Å². The van der Waals surface area contributed by atoms with E-state index in [1.54, 1.807) is 19.1 Å². The Bertz CT molecular complexity index is 738. The van der Waals surface area contributed by atoms with Crippen molar-refractivity contribution in [1.82, 2.24) is 4.72 Å². The topological polar surface area (TPSA) is 55.4 Å². The molecule has 2 aromatic carbocycles. The monoisotopic (exact) mass is 403 g/mol. The van der Waals surface area contributed by atoms with E-state index in [4.69, 9.17) is 16.3 Å². The fourth-order valence-corrected chi connectivity index (χ4v) is 3.92. The highest BCUT2D eigenvalue weighted by Gasteiger charge is 2.19. The van der Waals surface area contributed by atoms with Crippen LogP contribution < -0.4 is 9.46 Å². The zero-order valence-corrected chi connectivity index (χ0v) is 15.0. The minimum Gasteiger partial charge on any atom is -0.489 e. The van der Waals surface area contributed by atoms with Crippen LogP contribution in [0.15, 0.2) is 57.9 Å². The van der Waals surface area contributed by atoms with Gasteiger partial charge in [0.1, 0.15) is 16.7 Å². The molecule has 0 saturated carbocycles. The van der Waals surface area contributed by atoms with E-state index in [-0.39, 0.29) is 22.6 Å². The van der Waals surface area contributed by atoms with Crippen LogP contribution in [0.3, 0.4) is 0 Å². The summed E-state index contributed by atoms with van der Waals surface area (Å²) in [5, 5.41) is 0.165. The number of hydrogen-bond donors (Lipinski definition) is 1. The van der Waals surface area contributed by atoms with Gasteiger partial charge in [-0.3, -0.25) is 0 Å². The number of nitrogens with one attached hydrogen (secondary N) is 1. The van der Waals surface area contributed by atoms with Crippen molar-refractivity contribution in [2.24, 2.45) is 0 Å². The molecule has 0 fully saturated rings. The van der Waals surface area contributed by atoms with Crippen LogP contribution in [-0.2, 0) is 10.0 Å². The molecular formula is C15H15BrClNO3S. The Morgan fingerprint density at radius 3 is 2.55 bits per heavy atom. The molecule has 0 radical (unpaired) electrons. The molecule has 0 heterocycles. The van der Waals surface area contributed by atoms with Crippen molar-refractivity contribution < 1.29 is 13.2 Å². The Morgan fingerprint density at radius 1 is 1.23 bits per heavy atom. The average Bonchev–Trinajstić information content (AvgIpc) is 2.46. The SMILES string of the molecule is CC(CNS(=O)(=O)c1ccc(Br)cc1Cl)Oc1ccccc1. The number of ether oxygens (including phenoxy) is 1. The first-order chi connectivity index (χ1) is 10.4. The van der Waals surface area contributed by atoms with Crippen molar-refractivity contribution in [3.63, 3.8) is 0 Å². The van der Waals surface area contributed by atoms with Gasteiger partial charge in [-0.1, -0.05) is 45.7 Å². The Labute approximate surface area is 143 Å². The molecule has 4 nitrogen and oxygen atoms in total. The maximum atomic E-state index is 12.3. The molecule has 0 aliphatic heterocycles. The number of sulfonamides is 1. The van der Waals surface area contributed by atoms with Crippen LogP contribution in [0.25, 0.3) is 0 Å². The van der Waals surface area contributed by atoms with Gasteiger partial charge in [0.15, 0.2) is 0 Å². The number of benzene rings is 2. The minimum absolute atomic E-state index is 0.0456. The second-order valence-electron chi connectivity index (χ2n) is 4.67. The van der Waals surface area contributed by atoms with Gasteiger partial charge in [0.25, 0.3) is 0 Å². The third-order valence-electron chi connectivity index (χ3n) is 2.82. The van der Waals surface area contributed by atoms with E-state index in [9.17, 15) is 8.42 Å². The Balaban J connectivity index is 2.00. The lowest BCUT2D eigenvalue weighted by Gasteiger charge is -2.16. The van der Waals surface area contributed by atoms with Gasteiger partial charge < -0.3 is 4.74 Å². The zero-order valence-electron chi connectivity index (χ0n) is 11.8. The predicted octanol–water partition coefficient (Wildman–Crippen LogP) is 3.85. The summed E-state index contributed by atoms with van der Waals surface area (Å²) in [4.78, 5) is 0.0456. The summed E-state index contributed by atoms with van der Waals surface area (Å²) in [6, 6.07) is 13.9. The van der Waals surface area contributed by atoms with Crippen molar-refractivity contribution in [3.05, 3.63) is 58.0 Å². The van der Waals surface area contributed by atoms with Crippen LogP contribution in [0, 0.1) is 0 Å². The van der Waals surface area contributed by atoms with Gasteiger partial charge in [0.2, 0.25) is 10.0 Å². The molecule has 2 rings (SSSR count). The lowest BCUT2D eigenvalue weighted by Crippen LogP contribution is -2.33. The highest BCUT2D eigenvalue weighted by atomic mass is 79.9. The fraction of sp³-hybridized carbons (Fsp3) is 0.200. The maximum absolute atomic E-state index is 12.3. The first-order valence-corrected chi connectivity index (χ1v) is 9.20. The van der Waals surface area contributed by atoms with Crippen molar-refractivity contribution in [2.75, 3.05) is 6.54 Å². The van der Waals surface area contributed by atoms with Gasteiger partial charge >= 0.3 is 0 Å². The quantitative estimate of drug-likeness (QED) is 0.795. The molecule has 118 valence electrons. The van der Waals surface area contributed by atoms with E-state index >= 15 is 0 Å². The summed E-state index contributed by atoms with van der Waals surface area (Å²) in [7, 11) is -3.68. The molecule has 0 spiro atoms. The van der Waals surface area contributed by atoms with Gasteiger partial charge in [0, 0.05) is 11.0 Å². The summed E-state index contributed by atoms with van der Waals surface area (Å²) in [5.74, 6) is 0.691. The fourth-order valence-electron chi connectivity index (χ4n) is 1.77. The molecule has 0 amide bonds. The van der Waals surface area contributed by atoms with Crippen molar-refractivity contribution in [3.8, 4) is 5.75 Å². The lowest BCUT2D eigenvalue weighted by atomic mass is 10.3. The van der Waals surface area contributed by atoms with Crippen molar-refractivity contribution in [2.45, 2.75) is 17.9 Å². The molecule has 22 heavy (non-hydrogen) atoms. The Morgan fingerprint density at radius 2 is 1.91 bits per heavy atom. The first kappa shape index (κ1) is 17.3. The molecule has 0 aromatic heterocycles. The van der Waals surface area contributed by atoms with Gasteiger partial charge in [0.05, 0.1) is 5.02 Å². The van der Waals surface area contributed by atoms with Gasteiger partial charge in [-0.15, -0.1) is 0 Å². The molecule has 1 N–H and O–H groups in total. The van der Waals surface area contributed by atoms with Crippen molar-refractivity contribution in [1.29, 1.82) is 0 Å². The Hall–Kier alpha value is -1.08. The van der Waals surface area contributed by atoms with Crippen LogP contribution >= 0.6 is 27.5 Å². The molecule has 0 saturated heterocycles. The minimum atomic E-state index is -3.68. The molecule has 1 atom stereocenters. The molecule has 1 unspecified atom stereocenters. The molecular weight excluding hydrogens is 390 g/mol. The second-order valence-corrected chi connectivity index (χ2v) is 7.73. The van der Waals surface area contributed by atoms with Crippen LogP contribution in [0.2, 0.25) is 5.02 Å². The number of rotatable bonds is 6. The number of halogens is 2. The summed E-state index contributed by atoms with van der Waals surface area (Å²) < 4.78 is 33.4. The van der Waals surface area contributed by atoms with E-state index in [0.717, 1.165) is 4.47 Å². The lowest BCUT2D eigenvalue weighted by molar-refractivity contribution is 0.225. The molecule has 0 aliphatic rings. The summed E-state index contributed by atoms with van der Waals surface area (Å²) in [6.07, 6.45) is -0.314. The number of para-hydroxylation sites is 1. The third kappa shape index (κ3) is 4.71. The largest absolute Gasteiger partial charge is 0.489 e. The van der Waals surface area contributed by atoms with E-state index in [1.807, 2.05) is 30.3 Å². The van der Waals surface area contributed by atoms with E-state index in [1.165, 1.54) is 6.07 Å². The summed E-state index contributed by atoms with van der Waals surface area (Å²) in [6.45, 7) is 1.93. The van der Waals surface area contributed by atoms with Crippen LogP contribution in [-0.4, -0.2) is 21.1 Å². The summed E-state index contributed by atoms with van der Waals surface area (Å²) >= 11 is 9.22. The first-order valence-electron chi connectivity index (χ1n) is 6.55. The predicted molar refractivity (Wildman–Crippen MR) is 90.9 cm³/mol. The van der Waals surface area contributed by atoms with Crippen LogP contribution in [0.5, 0.6) is 5.75 Å². The van der Waals surface area contributed by atoms with E-state index in [2.05, 4.69) is 20.7 Å². The van der Waals surface area contributed by atoms with Crippen molar-refractivity contribution >= 4 is 37.6 Å².